The number of methoxy groups -OCH3 is 1. The van der Waals surface area contributed by atoms with E-state index in [0.29, 0.717) is 21.5 Å². The van der Waals surface area contributed by atoms with Gasteiger partial charge in [-0.25, -0.2) is 14.0 Å². The summed E-state index contributed by atoms with van der Waals surface area (Å²) in [5.74, 6) is 0.622. The highest BCUT2D eigenvalue weighted by Crippen LogP contribution is 2.36. The number of hydrogen-bond acceptors (Lipinski definition) is 7. The molecule has 182 valence electrons. The molecule has 4 rings (SSSR count). The Labute approximate surface area is 205 Å². The molecular formula is C23H28N4O5S2. The number of aromatic nitrogens is 1. The highest BCUT2D eigenvalue weighted by molar-refractivity contribution is 7.86. The van der Waals surface area contributed by atoms with Crippen LogP contribution in [0, 0.1) is 6.92 Å². The molecule has 1 saturated heterocycles. The highest BCUT2D eigenvalue weighted by atomic mass is 32.2. The van der Waals surface area contributed by atoms with Gasteiger partial charge in [0.25, 0.3) is 0 Å². The molecule has 34 heavy (non-hydrogen) atoms. The molecule has 1 aliphatic rings. The van der Waals surface area contributed by atoms with Crippen molar-refractivity contribution in [2.75, 3.05) is 37.3 Å². The van der Waals surface area contributed by atoms with Gasteiger partial charge in [-0.15, -0.1) is 0 Å². The average Bonchev–Trinajstić information content (AvgIpc) is 3.51. The largest absolute Gasteiger partial charge is 0.508 e. The number of phenols is 1. The molecule has 0 bridgehead atoms. The summed E-state index contributed by atoms with van der Waals surface area (Å²) >= 11 is 1.38. The van der Waals surface area contributed by atoms with Crippen molar-refractivity contribution in [3.8, 4) is 21.9 Å². The van der Waals surface area contributed by atoms with E-state index >= 15 is 0 Å². The van der Waals surface area contributed by atoms with Crippen LogP contribution in [0.25, 0.3) is 10.4 Å². The fraction of sp³-hybridized carbons (Fsp3) is 0.304. The van der Waals surface area contributed by atoms with Crippen LogP contribution >= 0.6 is 11.3 Å². The second-order valence-corrected chi connectivity index (χ2v) is 9.52. The molecule has 1 aliphatic heterocycles. The molecule has 9 nitrogen and oxygen atoms in total. The number of carbonyl (C=O) groups excluding carboxylic acids is 1. The number of aliphatic hydroxyl groups excluding tert-OH is 1. The van der Waals surface area contributed by atoms with Crippen LogP contribution in [0.4, 0.5) is 15.6 Å². The SMILES string of the molecule is CO.COc1ccc(-c2sc(NC(=O)N3CCCC3)nc2C)cc1S(=O)Nc1ccc(O)cc1. The zero-order chi connectivity index (χ0) is 24.7. The Bertz CT molecular complexity index is 1140. The summed E-state index contributed by atoms with van der Waals surface area (Å²) < 4.78 is 21.4. The van der Waals surface area contributed by atoms with Crippen molar-refractivity contribution in [2.24, 2.45) is 0 Å². The smallest absolute Gasteiger partial charge is 0.323 e. The number of benzene rings is 2. The van der Waals surface area contributed by atoms with Gasteiger partial charge in [0.2, 0.25) is 0 Å². The topological polar surface area (TPSA) is 124 Å². The lowest BCUT2D eigenvalue weighted by Crippen LogP contribution is -2.32. The van der Waals surface area contributed by atoms with E-state index in [-0.39, 0.29) is 11.8 Å². The number of aromatic hydroxyl groups is 1. The first-order chi connectivity index (χ1) is 16.4. The summed E-state index contributed by atoms with van der Waals surface area (Å²) in [6.07, 6.45) is 2.05. The number of phenolic OH excluding ortho intramolecular Hbond substituents is 1. The molecule has 1 atom stereocenters. The number of anilines is 2. The van der Waals surface area contributed by atoms with Crippen LogP contribution in [0.2, 0.25) is 0 Å². The zero-order valence-corrected chi connectivity index (χ0v) is 20.8. The molecule has 1 aromatic heterocycles. The summed E-state index contributed by atoms with van der Waals surface area (Å²) in [6, 6.07) is 11.7. The van der Waals surface area contributed by atoms with Crippen LogP contribution in [0.1, 0.15) is 18.5 Å². The van der Waals surface area contributed by atoms with Crippen LogP contribution in [-0.2, 0) is 11.0 Å². The summed E-state index contributed by atoms with van der Waals surface area (Å²) in [5, 5.41) is 19.9. The van der Waals surface area contributed by atoms with E-state index in [9.17, 15) is 14.1 Å². The monoisotopic (exact) mass is 504 g/mol. The van der Waals surface area contributed by atoms with Gasteiger partial charge in [0.05, 0.1) is 17.7 Å². The van der Waals surface area contributed by atoms with Crippen molar-refractivity contribution in [1.82, 2.24) is 9.88 Å². The number of rotatable bonds is 6. The van der Waals surface area contributed by atoms with Gasteiger partial charge in [0.15, 0.2) is 16.1 Å². The van der Waals surface area contributed by atoms with Crippen molar-refractivity contribution in [2.45, 2.75) is 24.7 Å². The standard InChI is InChI=1S/C22H24N4O4S2.CH4O/c1-14-20(31-21(23-14)24-22(28)26-11-3-4-12-26)15-5-10-18(30-2)19(13-15)32(29)25-16-6-8-17(27)9-7-16;1-2/h5-10,13,25,27H,3-4,11-12H2,1-2H3,(H,23,24,28);2H,1H3. The maximum absolute atomic E-state index is 13.0. The number of aryl methyl sites for hydroxylation is 1. The molecule has 0 aliphatic carbocycles. The molecule has 0 saturated carbocycles. The van der Waals surface area contributed by atoms with Gasteiger partial charge in [-0.05, 0) is 67.8 Å². The molecule has 4 N–H and O–H groups in total. The summed E-state index contributed by atoms with van der Waals surface area (Å²) in [6.45, 7) is 3.42. The molecule has 3 aromatic rings. The lowest BCUT2D eigenvalue weighted by molar-refractivity contribution is 0.222. The fourth-order valence-electron chi connectivity index (χ4n) is 3.46. The van der Waals surface area contributed by atoms with Crippen LogP contribution in [-0.4, -0.2) is 57.6 Å². The van der Waals surface area contributed by atoms with E-state index in [0.717, 1.165) is 49.2 Å². The van der Waals surface area contributed by atoms with Gasteiger partial charge in [-0.3, -0.25) is 5.32 Å². The minimum atomic E-state index is -1.60. The van der Waals surface area contributed by atoms with Crippen molar-refractivity contribution in [1.29, 1.82) is 0 Å². The number of thiazole rings is 1. The molecule has 2 heterocycles. The fourth-order valence-corrected chi connectivity index (χ4v) is 5.44. The van der Waals surface area contributed by atoms with E-state index in [1.807, 2.05) is 13.0 Å². The van der Waals surface area contributed by atoms with Crippen LogP contribution < -0.4 is 14.8 Å². The van der Waals surface area contributed by atoms with Gasteiger partial charge in [0.1, 0.15) is 16.4 Å². The Morgan fingerprint density at radius 3 is 2.47 bits per heavy atom. The third-order valence-corrected chi connectivity index (χ3v) is 7.37. The highest BCUT2D eigenvalue weighted by Gasteiger charge is 2.21. The minimum absolute atomic E-state index is 0.127. The number of likely N-dealkylation sites (tertiary alicyclic amines) is 1. The number of hydrogen-bond donors (Lipinski definition) is 4. The Morgan fingerprint density at radius 1 is 1.15 bits per heavy atom. The average molecular weight is 505 g/mol. The van der Waals surface area contributed by atoms with Gasteiger partial charge in [0, 0.05) is 25.9 Å². The molecule has 1 fully saturated rings. The number of aliphatic hydroxyl groups is 1. The number of nitrogens with zero attached hydrogens (tertiary/aromatic N) is 2. The first-order valence-electron chi connectivity index (χ1n) is 10.6. The molecule has 0 radical (unpaired) electrons. The van der Waals surface area contributed by atoms with Crippen molar-refractivity contribution >= 4 is 39.2 Å². The minimum Gasteiger partial charge on any atom is -0.508 e. The lowest BCUT2D eigenvalue weighted by atomic mass is 10.1. The Balaban J connectivity index is 0.00000158. The van der Waals surface area contributed by atoms with Gasteiger partial charge < -0.3 is 24.6 Å². The lowest BCUT2D eigenvalue weighted by Gasteiger charge is -2.14. The predicted octanol–water partition coefficient (Wildman–Crippen LogP) is 4.20. The zero-order valence-electron chi connectivity index (χ0n) is 19.2. The summed E-state index contributed by atoms with van der Waals surface area (Å²) in [5.41, 5.74) is 2.22. The summed E-state index contributed by atoms with van der Waals surface area (Å²) in [7, 11) is 0.932. The summed E-state index contributed by atoms with van der Waals surface area (Å²) in [4.78, 5) is 20.1. The van der Waals surface area contributed by atoms with E-state index < -0.39 is 11.0 Å². The first kappa shape index (κ1) is 25.5. The normalized spacial score (nSPS) is 13.6. The van der Waals surface area contributed by atoms with Gasteiger partial charge in [-0.1, -0.05) is 11.3 Å². The van der Waals surface area contributed by atoms with E-state index in [2.05, 4.69) is 15.0 Å². The van der Waals surface area contributed by atoms with Crippen LogP contribution in [0.5, 0.6) is 11.5 Å². The second kappa shape index (κ2) is 11.8. The number of amides is 2. The van der Waals surface area contributed by atoms with Gasteiger partial charge in [-0.2, -0.15) is 0 Å². The Hall–Kier alpha value is -3.15. The third kappa shape index (κ3) is 6.04. The Kier molecular flexibility index (Phi) is 8.85. The van der Waals surface area contributed by atoms with Crippen LogP contribution in [0.3, 0.4) is 0 Å². The number of nitrogens with one attached hydrogen (secondary N) is 2. The van der Waals surface area contributed by atoms with Crippen molar-refractivity contribution in [3.05, 3.63) is 48.2 Å². The van der Waals surface area contributed by atoms with Crippen molar-refractivity contribution < 1.29 is 24.0 Å². The molecule has 1 unspecified atom stereocenters. The predicted molar refractivity (Wildman–Crippen MR) is 135 cm³/mol. The van der Waals surface area contributed by atoms with E-state index in [1.54, 1.807) is 29.2 Å². The Morgan fingerprint density at radius 2 is 1.82 bits per heavy atom. The molecule has 2 amide bonds. The molecular weight excluding hydrogens is 476 g/mol. The van der Waals surface area contributed by atoms with E-state index in [1.165, 1.54) is 30.6 Å². The van der Waals surface area contributed by atoms with Gasteiger partial charge >= 0.3 is 6.03 Å². The first-order valence-corrected chi connectivity index (χ1v) is 12.5. The number of urea groups is 1. The third-order valence-electron chi connectivity index (χ3n) is 5.11. The number of carbonyl (C=O) groups is 1. The molecule has 0 spiro atoms. The number of ether oxygens (including phenoxy) is 1. The quantitative estimate of drug-likeness (QED) is 0.373. The van der Waals surface area contributed by atoms with Crippen molar-refractivity contribution in [3.63, 3.8) is 0 Å². The molecule has 2 aromatic carbocycles. The maximum Gasteiger partial charge on any atom is 0.323 e. The maximum atomic E-state index is 13.0. The molecule has 11 heteroatoms. The second-order valence-electron chi connectivity index (χ2n) is 7.34. The van der Waals surface area contributed by atoms with E-state index in [4.69, 9.17) is 9.84 Å². The van der Waals surface area contributed by atoms with Crippen LogP contribution in [0.15, 0.2) is 47.4 Å².